The van der Waals surface area contributed by atoms with Gasteiger partial charge in [-0.05, 0) is 34.9 Å². The summed E-state index contributed by atoms with van der Waals surface area (Å²) in [5.74, 6) is 0.842. The number of ether oxygens (including phenoxy) is 1. The van der Waals surface area contributed by atoms with Crippen LogP contribution in [0.15, 0.2) is 35.0 Å². The second-order valence-corrected chi connectivity index (χ2v) is 5.38. The van der Waals surface area contributed by atoms with Crippen molar-refractivity contribution in [3.63, 3.8) is 0 Å². The quantitative estimate of drug-likeness (QED) is 0.817. The van der Waals surface area contributed by atoms with E-state index in [1.807, 2.05) is 18.2 Å². The van der Waals surface area contributed by atoms with Crippen LogP contribution in [0.1, 0.15) is 18.9 Å². The highest BCUT2D eigenvalue weighted by atomic mass is 32.1. The number of nitrogens with zero attached hydrogens (tertiary/aromatic N) is 1. The molecule has 19 heavy (non-hydrogen) atoms. The van der Waals surface area contributed by atoms with E-state index in [-0.39, 0.29) is 0 Å². The number of thiophene rings is 1. The van der Waals surface area contributed by atoms with Crippen molar-refractivity contribution in [2.24, 2.45) is 0 Å². The van der Waals surface area contributed by atoms with Crippen LogP contribution >= 0.6 is 11.3 Å². The van der Waals surface area contributed by atoms with Gasteiger partial charge in [0.2, 0.25) is 0 Å². The van der Waals surface area contributed by atoms with Gasteiger partial charge in [-0.15, -0.1) is 0 Å². The lowest BCUT2D eigenvalue weighted by atomic mass is 10.2. The second-order valence-electron chi connectivity index (χ2n) is 4.60. The molecule has 0 radical (unpaired) electrons. The van der Waals surface area contributed by atoms with Gasteiger partial charge in [-0.25, -0.2) is 0 Å². The van der Waals surface area contributed by atoms with E-state index in [1.165, 1.54) is 5.56 Å². The molecule has 3 nitrogen and oxygen atoms in total. The van der Waals surface area contributed by atoms with Gasteiger partial charge in [-0.1, -0.05) is 6.92 Å². The van der Waals surface area contributed by atoms with Crippen molar-refractivity contribution in [2.45, 2.75) is 19.9 Å². The monoisotopic (exact) mass is 276 g/mol. The van der Waals surface area contributed by atoms with Gasteiger partial charge in [-0.2, -0.15) is 11.3 Å². The van der Waals surface area contributed by atoms with Gasteiger partial charge in [0.25, 0.3) is 0 Å². The molecule has 0 amide bonds. The van der Waals surface area contributed by atoms with Crippen LogP contribution in [0.3, 0.4) is 0 Å². The third-order valence-electron chi connectivity index (χ3n) is 2.83. The molecule has 0 saturated carbocycles. The van der Waals surface area contributed by atoms with Crippen LogP contribution in [0.5, 0.6) is 5.75 Å². The fourth-order valence-electron chi connectivity index (χ4n) is 1.88. The summed E-state index contributed by atoms with van der Waals surface area (Å²) < 4.78 is 5.66. The van der Waals surface area contributed by atoms with Crippen LogP contribution in [0, 0.1) is 0 Å². The van der Waals surface area contributed by atoms with Crippen LogP contribution in [-0.4, -0.2) is 13.7 Å². The Balaban J connectivity index is 2.11. The van der Waals surface area contributed by atoms with Gasteiger partial charge < -0.3 is 15.4 Å². The molecule has 102 valence electrons. The number of rotatable bonds is 6. The molecule has 2 rings (SSSR count). The molecule has 0 unspecified atom stereocenters. The smallest absolute Gasteiger partial charge is 0.123 e. The number of benzene rings is 1. The molecule has 0 spiro atoms. The Morgan fingerprint density at radius 3 is 2.84 bits per heavy atom. The van der Waals surface area contributed by atoms with E-state index in [0.717, 1.165) is 36.7 Å². The van der Waals surface area contributed by atoms with E-state index in [4.69, 9.17) is 10.5 Å². The van der Waals surface area contributed by atoms with E-state index in [9.17, 15) is 0 Å². The Hall–Kier alpha value is -1.68. The lowest BCUT2D eigenvalue weighted by molar-refractivity contribution is 0.317. The van der Waals surface area contributed by atoms with Crippen LogP contribution in [0.25, 0.3) is 0 Å². The summed E-state index contributed by atoms with van der Waals surface area (Å²) in [6, 6.07) is 8.03. The third-order valence-corrected chi connectivity index (χ3v) is 3.56. The van der Waals surface area contributed by atoms with Crippen molar-refractivity contribution in [3.05, 3.63) is 40.6 Å². The minimum atomic E-state index is 0.719. The molecule has 0 atom stereocenters. The van der Waals surface area contributed by atoms with Crippen molar-refractivity contribution < 1.29 is 4.74 Å². The molecule has 2 aromatic rings. The summed E-state index contributed by atoms with van der Waals surface area (Å²) in [4.78, 5) is 2.18. The largest absolute Gasteiger partial charge is 0.493 e. The maximum absolute atomic E-state index is 5.94. The number of hydrogen-bond acceptors (Lipinski definition) is 4. The standard InChI is InChI=1S/C15H20N2OS/c1-3-5-18-15-8-13(16)7-14(9-15)17(2)10-12-4-6-19-11-12/h4,6-9,11H,3,5,10,16H2,1-2H3. The van der Waals surface area contributed by atoms with Gasteiger partial charge >= 0.3 is 0 Å². The van der Waals surface area contributed by atoms with E-state index in [2.05, 4.69) is 35.7 Å². The second kappa shape index (κ2) is 6.48. The first kappa shape index (κ1) is 13.7. The predicted molar refractivity (Wildman–Crippen MR) is 83.1 cm³/mol. The lowest BCUT2D eigenvalue weighted by Gasteiger charge is -2.20. The highest BCUT2D eigenvalue weighted by Crippen LogP contribution is 2.26. The molecule has 0 saturated heterocycles. The summed E-state index contributed by atoms with van der Waals surface area (Å²) in [5.41, 5.74) is 9.07. The Morgan fingerprint density at radius 1 is 1.32 bits per heavy atom. The first-order chi connectivity index (χ1) is 9.19. The Labute approximate surface area is 118 Å². The summed E-state index contributed by atoms with van der Waals surface area (Å²) in [6.07, 6.45) is 0.995. The van der Waals surface area contributed by atoms with E-state index in [1.54, 1.807) is 11.3 Å². The highest BCUT2D eigenvalue weighted by Gasteiger charge is 2.06. The lowest BCUT2D eigenvalue weighted by Crippen LogP contribution is -2.16. The summed E-state index contributed by atoms with van der Waals surface area (Å²) in [7, 11) is 2.07. The average Bonchev–Trinajstić information content (AvgIpc) is 2.88. The summed E-state index contributed by atoms with van der Waals surface area (Å²) in [5, 5.41) is 4.26. The van der Waals surface area contributed by atoms with Crippen LogP contribution in [0.4, 0.5) is 11.4 Å². The fourth-order valence-corrected chi connectivity index (χ4v) is 2.54. The maximum Gasteiger partial charge on any atom is 0.123 e. The first-order valence-electron chi connectivity index (χ1n) is 6.44. The molecule has 2 N–H and O–H groups in total. The van der Waals surface area contributed by atoms with Gasteiger partial charge in [0.1, 0.15) is 5.75 Å². The minimum Gasteiger partial charge on any atom is -0.493 e. The Kier molecular flexibility index (Phi) is 4.68. The third kappa shape index (κ3) is 3.89. The Bertz CT molecular complexity index is 511. The highest BCUT2D eigenvalue weighted by molar-refractivity contribution is 7.07. The van der Waals surface area contributed by atoms with Gasteiger partial charge in [0.05, 0.1) is 6.61 Å². The van der Waals surface area contributed by atoms with Crippen LogP contribution in [0.2, 0.25) is 0 Å². The fraction of sp³-hybridized carbons (Fsp3) is 0.333. The van der Waals surface area contributed by atoms with Crippen LogP contribution < -0.4 is 15.4 Å². The molecule has 1 aromatic heterocycles. The predicted octanol–water partition coefficient (Wildman–Crippen LogP) is 3.76. The van der Waals surface area contributed by atoms with Gasteiger partial charge in [0.15, 0.2) is 0 Å². The maximum atomic E-state index is 5.94. The van der Waals surface area contributed by atoms with Crippen molar-refractivity contribution in [2.75, 3.05) is 24.3 Å². The molecule has 4 heteroatoms. The topological polar surface area (TPSA) is 38.5 Å². The molecule has 0 aliphatic rings. The zero-order valence-corrected chi connectivity index (χ0v) is 12.2. The number of anilines is 2. The molecule has 0 bridgehead atoms. The van der Waals surface area contributed by atoms with Gasteiger partial charge in [-0.3, -0.25) is 0 Å². The first-order valence-corrected chi connectivity index (χ1v) is 7.39. The molecule has 0 fully saturated rings. The molecule has 0 aliphatic heterocycles. The number of nitrogens with two attached hydrogens (primary N) is 1. The molecule has 1 aromatic carbocycles. The van der Waals surface area contributed by atoms with Crippen LogP contribution in [-0.2, 0) is 6.54 Å². The SMILES string of the molecule is CCCOc1cc(N)cc(N(C)Cc2ccsc2)c1. The van der Waals surface area contributed by atoms with Crippen molar-refractivity contribution >= 4 is 22.7 Å². The summed E-state index contributed by atoms with van der Waals surface area (Å²) in [6.45, 7) is 3.69. The normalized spacial score (nSPS) is 10.4. The average molecular weight is 276 g/mol. The van der Waals surface area contributed by atoms with E-state index < -0.39 is 0 Å². The minimum absolute atomic E-state index is 0.719. The Morgan fingerprint density at radius 2 is 2.16 bits per heavy atom. The zero-order chi connectivity index (χ0) is 13.7. The van der Waals surface area contributed by atoms with Crippen molar-refractivity contribution in [3.8, 4) is 5.75 Å². The van der Waals surface area contributed by atoms with Gasteiger partial charge in [0, 0.05) is 37.1 Å². The van der Waals surface area contributed by atoms with E-state index >= 15 is 0 Å². The molecular formula is C15H20N2OS. The number of nitrogen functional groups attached to an aromatic ring is 1. The zero-order valence-electron chi connectivity index (χ0n) is 11.4. The number of hydrogen-bond donors (Lipinski definition) is 1. The molecule has 0 aliphatic carbocycles. The van der Waals surface area contributed by atoms with Crippen molar-refractivity contribution in [1.82, 2.24) is 0 Å². The van der Waals surface area contributed by atoms with E-state index in [0.29, 0.717) is 0 Å². The van der Waals surface area contributed by atoms with Crippen molar-refractivity contribution in [1.29, 1.82) is 0 Å². The molecular weight excluding hydrogens is 256 g/mol. The molecule has 1 heterocycles. The summed E-state index contributed by atoms with van der Waals surface area (Å²) >= 11 is 1.72.